The van der Waals surface area contributed by atoms with Crippen LogP contribution in [0.15, 0.2) is 54.2 Å². The topological polar surface area (TPSA) is 64.6 Å². The molecule has 0 saturated carbocycles. The van der Waals surface area contributed by atoms with Gasteiger partial charge < -0.3 is 14.8 Å². The lowest BCUT2D eigenvalue weighted by molar-refractivity contribution is -0.149. The summed E-state index contributed by atoms with van der Waals surface area (Å²) in [5.74, 6) is -3.40. The Hall–Kier alpha value is -3.22. The van der Waals surface area contributed by atoms with Crippen molar-refractivity contribution in [3.63, 3.8) is 0 Å². The van der Waals surface area contributed by atoms with E-state index < -0.39 is 35.2 Å². The van der Waals surface area contributed by atoms with Crippen molar-refractivity contribution in [3.8, 4) is 5.75 Å². The van der Waals surface area contributed by atoms with Gasteiger partial charge in [0.2, 0.25) is 0 Å². The van der Waals surface area contributed by atoms with Crippen molar-refractivity contribution < 1.29 is 27.8 Å². The Balaban J connectivity index is 1.93. The molecule has 0 unspecified atom stereocenters. The molecular formula is C21H19F2NO4. The number of benzene rings is 2. The van der Waals surface area contributed by atoms with Crippen LogP contribution in [0.5, 0.6) is 5.75 Å². The standard InChI is InChI=1S/C21H19F2NO4/c1-27-15-6-3-12(4-7-15)16-10-14(11-19(25)20(16)21(26)28-2)24-18-8-5-13(22)9-17(18)23/h3-9,11,16,20,24H,10H2,1-2H3/t16-,20-/m1/s1. The van der Waals surface area contributed by atoms with E-state index in [-0.39, 0.29) is 12.1 Å². The van der Waals surface area contributed by atoms with Crippen molar-refractivity contribution in [2.45, 2.75) is 12.3 Å². The lowest BCUT2D eigenvalue weighted by Gasteiger charge is -2.29. The zero-order chi connectivity index (χ0) is 20.3. The van der Waals surface area contributed by atoms with Crippen LogP contribution in [0.3, 0.4) is 0 Å². The third kappa shape index (κ3) is 4.03. The molecule has 0 radical (unpaired) electrons. The second-order valence-electron chi connectivity index (χ2n) is 6.41. The van der Waals surface area contributed by atoms with Gasteiger partial charge in [0.1, 0.15) is 23.3 Å². The van der Waals surface area contributed by atoms with E-state index >= 15 is 0 Å². The minimum atomic E-state index is -0.998. The van der Waals surface area contributed by atoms with Gasteiger partial charge in [-0.05, 0) is 36.2 Å². The summed E-state index contributed by atoms with van der Waals surface area (Å²) in [6, 6.07) is 10.1. The van der Waals surface area contributed by atoms with E-state index in [0.717, 1.165) is 17.7 Å². The number of nitrogens with one attached hydrogen (secondary N) is 1. The Kier molecular flexibility index (Phi) is 5.73. The van der Waals surface area contributed by atoms with Gasteiger partial charge in [-0.2, -0.15) is 0 Å². The number of anilines is 1. The van der Waals surface area contributed by atoms with Crippen LogP contribution in [0.1, 0.15) is 17.9 Å². The van der Waals surface area contributed by atoms with Crippen LogP contribution < -0.4 is 10.1 Å². The van der Waals surface area contributed by atoms with Gasteiger partial charge in [0.15, 0.2) is 5.78 Å². The van der Waals surface area contributed by atoms with Gasteiger partial charge >= 0.3 is 5.97 Å². The fourth-order valence-corrected chi connectivity index (χ4v) is 3.29. The number of ether oxygens (including phenoxy) is 2. The molecule has 0 saturated heterocycles. The molecule has 7 heteroatoms. The molecule has 0 amide bonds. The second-order valence-corrected chi connectivity index (χ2v) is 6.41. The normalized spacial score (nSPS) is 19.0. The summed E-state index contributed by atoms with van der Waals surface area (Å²) >= 11 is 0. The first kappa shape index (κ1) is 19.5. The number of methoxy groups -OCH3 is 2. The van der Waals surface area contributed by atoms with Crippen LogP contribution in [0.2, 0.25) is 0 Å². The third-order valence-electron chi connectivity index (χ3n) is 4.69. The molecule has 146 valence electrons. The number of allylic oxidation sites excluding steroid dienone is 2. The van der Waals surface area contributed by atoms with Crippen LogP contribution >= 0.6 is 0 Å². The van der Waals surface area contributed by atoms with Gasteiger partial charge in [-0.1, -0.05) is 12.1 Å². The fraction of sp³-hybridized carbons (Fsp3) is 0.238. The highest BCUT2D eigenvalue weighted by atomic mass is 19.1. The minimum Gasteiger partial charge on any atom is -0.497 e. The van der Waals surface area contributed by atoms with Gasteiger partial charge in [0.05, 0.1) is 19.9 Å². The molecule has 28 heavy (non-hydrogen) atoms. The summed E-state index contributed by atoms with van der Waals surface area (Å²) in [7, 11) is 2.77. The number of esters is 1. The molecule has 2 aromatic carbocycles. The first-order valence-electron chi connectivity index (χ1n) is 8.61. The summed E-state index contributed by atoms with van der Waals surface area (Å²) in [6.07, 6.45) is 1.54. The molecule has 0 aromatic heterocycles. The minimum absolute atomic E-state index is 0.0467. The zero-order valence-corrected chi connectivity index (χ0v) is 15.4. The predicted octanol–water partition coefficient (Wildman–Crippen LogP) is 3.82. The number of hydrogen-bond donors (Lipinski definition) is 1. The van der Waals surface area contributed by atoms with Crippen molar-refractivity contribution in [1.29, 1.82) is 0 Å². The molecule has 0 heterocycles. The first-order chi connectivity index (χ1) is 13.4. The molecule has 2 aromatic rings. The van der Waals surface area contributed by atoms with Gasteiger partial charge in [-0.15, -0.1) is 0 Å². The van der Waals surface area contributed by atoms with Crippen molar-refractivity contribution in [2.24, 2.45) is 5.92 Å². The number of hydrogen-bond acceptors (Lipinski definition) is 5. The molecule has 5 nitrogen and oxygen atoms in total. The Labute approximate surface area is 161 Å². The Bertz CT molecular complexity index is 925. The van der Waals surface area contributed by atoms with E-state index in [1.807, 2.05) is 0 Å². The Morgan fingerprint density at radius 3 is 2.43 bits per heavy atom. The average molecular weight is 387 g/mol. The van der Waals surface area contributed by atoms with Gasteiger partial charge in [-0.3, -0.25) is 9.59 Å². The van der Waals surface area contributed by atoms with Crippen LogP contribution in [0.4, 0.5) is 14.5 Å². The molecule has 0 aliphatic heterocycles. The quantitative estimate of drug-likeness (QED) is 0.624. The highest BCUT2D eigenvalue weighted by Gasteiger charge is 2.39. The largest absolute Gasteiger partial charge is 0.497 e. The molecule has 0 spiro atoms. The maximum atomic E-state index is 14.0. The van der Waals surface area contributed by atoms with Crippen molar-refractivity contribution in [3.05, 3.63) is 71.4 Å². The number of halogens is 2. The lowest BCUT2D eigenvalue weighted by Crippen LogP contribution is -2.34. The van der Waals surface area contributed by atoms with E-state index in [1.54, 1.807) is 31.4 Å². The van der Waals surface area contributed by atoms with Crippen LogP contribution in [0, 0.1) is 17.6 Å². The zero-order valence-electron chi connectivity index (χ0n) is 15.4. The number of carbonyl (C=O) groups excluding carboxylic acids is 2. The lowest BCUT2D eigenvalue weighted by atomic mass is 9.76. The molecule has 3 rings (SSSR count). The number of carbonyl (C=O) groups is 2. The molecule has 1 N–H and O–H groups in total. The predicted molar refractivity (Wildman–Crippen MR) is 98.9 cm³/mol. The average Bonchev–Trinajstić information content (AvgIpc) is 2.69. The highest BCUT2D eigenvalue weighted by molar-refractivity contribution is 6.07. The summed E-state index contributed by atoms with van der Waals surface area (Å²) in [5.41, 5.74) is 1.22. The fourth-order valence-electron chi connectivity index (χ4n) is 3.29. The highest BCUT2D eigenvalue weighted by Crippen LogP contribution is 2.38. The summed E-state index contributed by atoms with van der Waals surface area (Å²) < 4.78 is 37.0. The van der Waals surface area contributed by atoms with Gasteiger partial charge in [-0.25, -0.2) is 8.78 Å². The van der Waals surface area contributed by atoms with E-state index in [0.29, 0.717) is 11.4 Å². The number of rotatable bonds is 5. The van der Waals surface area contributed by atoms with Crippen molar-refractivity contribution in [2.75, 3.05) is 19.5 Å². The van der Waals surface area contributed by atoms with E-state index in [9.17, 15) is 18.4 Å². The van der Waals surface area contributed by atoms with E-state index in [1.165, 1.54) is 19.3 Å². The monoisotopic (exact) mass is 387 g/mol. The molecule has 1 aliphatic rings. The maximum absolute atomic E-state index is 14.0. The smallest absolute Gasteiger partial charge is 0.317 e. The SMILES string of the molecule is COC(=O)[C@H]1C(=O)C=C(Nc2ccc(F)cc2F)C[C@@H]1c1ccc(OC)cc1. The molecule has 0 bridgehead atoms. The molecule has 1 aliphatic carbocycles. The summed E-state index contributed by atoms with van der Waals surface area (Å²) in [6.45, 7) is 0. The van der Waals surface area contributed by atoms with Crippen LogP contribution in [0.25, 0.3) is 0 Å². The Morgan fingerprint density at radius 1 is 1.11 bits per heavy atom. The molecule has 0 fully saturated rings. The van der Waals surface area contributed by atoms with Gasteiger partial charge in [0, 0.05) is 23.8 Å². The summed E-state index contributed by atoms with van der Waals surface area (Å²) in [5, 5.41) is 2.83. The molecular weight excluding hydrogens is 368 g/mol. The Morgan fingerprint density at radius 2 is 1.82 bits per heavy atom. The van der Waals surface area contributed by atoms with Crippen molar-refractivity contribution in [1.82, 2.24) is 0 Å². The van der Waals surface area contributed by atoms with Crippen LogP contribution in [-0.4, -0.2) is 26.0 Å². The van der Waals surface area contributed by atoms with Crippen molar-refractivity contribution >= 4 is 17.4 Å². The molecule has 2 atom stereocenters. The maximum Gasteiger partial charge on any atom is 0.317 e. The second kappa shape index (κ2) is 8.21. The van der Waals surface area contributed by atoms with Crippen LogP contribution in [-0.2, 0) is 14.3 Å². The number of ketones is 1. The first-order valence-corrected chi connectivity index (χ1v) is 8.61. The van der Waals surface area contributed by atoms with E-state index in [2.05, 4.69) is 5.32 Å². The van der Waals surface area contributed by atoms with E-state index in [4.69, 9.17) is 9.47 Å². The summed E-state index contributed by atoms with van der Waals surface area (Å²) in [4.78, 5) is 24.9. The third-order valence-corrected chi connectivity index (χ3v) is 4.69. The van der Waals surface area contributed by atoms with Gasteiger partial charge in [0.25, 0.3) is 0 Å².